The number of benzene rings is 2. The number of carbonyl (C=O) groups is 1. The number of carbonyl (C=O) groups excluding carboxylic acids is 1. The van der Waals surface area contributed by atoms with Gasteiger partial charge in [0.25, 0.3) is 0 Å². The lowest BCUT2D eigenvalue weighted by Gasteiger charge is -2.17. The molecule has 2 aromatic carbocycles. The number of hydrogen-bond donors (Lipinski definition) is 1. The van der Waals surface area contributed by atoms with E-state index >= 15 is 0 Å². The summed E-state index contributed by atoms with van der Waals surface area (Å²) < 4.78 is 10.5. The van der Waals surface area contributed by atoms with Crippen molar-refractivity contribution in [2.75, 3.05) is 25.5 Å². The van der Waals surface area contributed by atoms with Crippen molar-refractivity contribution in [2.45, 2.75) is 32.2 Å². The standard InChI is InChI=1S/C23H26N4O3/c1-29-19-10-8-17(9-11-19)23-25-22(30-26-23)13-12-21(28)24-20-7-3-2-6-18(20)16-27-14-4-5-15-27/h2-3,6-11H,4-5,12-16H2,1H3,(H,24,28). The van der Waals surface area contributed by atoms with Crippen molar-refractivity contribution in [3.63, 3.8) is 0 Å². The number of para-hydroxylation sites is 1. The van der Waals surface area contributed by atoms with Crippen LogP contribution in [0.25, 0.3) is 11.4 Å². The molecule has 1 aromatic heterocycles. The van der Waals surface area contributed by atoms with Crippen LogP contribution in [0.4, 0.5) is 5.69 Å². The van der Waals surface area contributed by atoms with E-state index in [1.807, 2.05) is 42.5 Å². The highest BCUT2D eigenvalue weighted by Gasteiger charge is 2.15. The van der Waals surface area contributed by atoms with Crippen LogP contribution in [0.3, 0.4) is 0 Å². The van der Waals surface area contributed by atoms with E-state index in [1.54, 1.807) is 7.11 Å². The van der Waals surface area contributed by atoms with Gasteiger partial charge in [-0.2, -0.15) is 4.98 Å². The third-order valence-corrected chi connectivity index (χ3v) is 5.27. The number of methoxy groups -OCH3 is 1. The van der Waals surface area contributed by atoms with E-state index < -0.39 is 0 Å². The summed E-state index contributed by atoms with van der Waals surface area (Å²) in [7, 11) is 1.62. The Morgan fingerprint density at radius 1 is 1.13 bits per heavy atom. The average molecular weight is 406 g/mol. The van der Waals surface area contributed by atoms with Gasteiger partial charge in [-0.15, -0.1) is 0 Å². The van der Waals surface area contributed by atoms with Gasteiger partial charge in [-0.05, 0) is 61.8 Å². The molecule has 0 bridgehead atoms. The summed E-state index contributed by atoms with van der Waals surface area (Å²) in [5.41, 5.74) is 2.86. The lowest BCUT2D eigenvalue weighted by Crippen LogP contribution is -2.20. The predicted octanol–water partition coefficient (Wildman–Crippen LogP) is 3.91. The molecule has 30 heavy (non-hydrogen) atoms. The fourth-order valence-electron chi connectivity index (χ4n) is 3.61. The SMILES string of the molecule is COc1ccc(-c2noc(CCC(=O)Nc3ccccc3CN3CCCC3)n2)cc1. The van der Waals surface area contributed by atoms with Crippen LogP contribution in [-0.4, -0.2) is 41.1 Å². The average Bonchev–Trinajstić information content (AvgIpc) is 3.46. The van der Waals surface area contributed by atoms with Gasteiger partial charge in [0.2, 0.25) is 17.6 Å². The molecule has 1 aliphatic rings. The molecule has 1 amide bonds. The molecule has 0 spiro atoms. The van der Waals surface area contributed by atoms with E-state index in [0.29, 0.717) is 18.1 Å². The minimum atomic E-state index is -0.0620. The number of hydrogen-bond acceptors (Lipinski definition) is 6. The van der Waals surface area contributed by atoms with Crippen molar-refractivity contribution in [1.82, 2.24) is 15.0 Å². The van der Waals surface area contributed by atoms with Crippen LogP contribution in [0.2, 0.25) is 0 Å². The van der Waals surface area contributed by atoms with Gasteiger partial charge < -0.3 is 14.6 Å². The van der Waals surface area contributed by atoms with E-state index in [-0.39, 0.29) is 12.3 Å². The molecule has 7 heteroatoms. The minimum Gasteiger partial charge on any atom is -0.497 e. The zero-order chi connectivity index (χ0) is 20.8. The summed E-state index contributed by atoms with van der Waals surface area (Å²) in [6.07, 6.45) is 3.17. The van der Waals surface area contributed by atoms with Crippen molar-refractivity contribution in [2.24, 2.45) is 0 Å². The molecule has 156 valence electrons. The van der Waals surface area contributed by atoms with Gasteiger partial charge in [0.1, 0.15) is 5.75 Å². The van der Waals surface area contributed by atoms with Crippen LogP contribution in [0, 0.1) is 0 Å². The molecule has 0 aliphatic carbocycles. The monoisotopic (exact) mass is 406 g/mol. The summed E-state index contributed by atoms with van der Waals surface area (Å²) >= 11 is 0. The Morgan fingerprint density at radius 3 is 2.67 bits per heavy atom. The van der Waals surface area contributed by atoms with E-state index in [4.69, 9.17) is 9.26 Å². The zero-order valence-corrected chi connectivity index (χ0v) is 17.1. The van der Waals surface area contributed by atoms with Gasteiger partial charge in [0.05, 0.1) is 7.11 Å². The van der Waals surface area contributed by atoms with Crippen LogP contribution in [0.15, 0.2) is 53.1 Å². The summed E-state index contributed by atoms with van der Waals surface area (Å²) in [5.74, 6) is 1.66. The quantitative estimate of drug-likeness (QED) is 0.611. The number of anilines is 1. The first kappa shape index (κ1) is 20.1. The number of rotatable bonds is 8. The molecule has 3 aromatic rings. The fraction of sp³-hybridized carbons (Fsp3) is 0.348. The second-order valence-corrected chi connectivity index (χ2v) is 7.43. The lowest BCUT2D eigenvalue weighted by molar-refractivity contribution is -0.116. The number of nitrogens with one attached hydrogen (secondary N) is 1. The smallest absolute Gasteiger partial charge is 0.227 e. The Balaban J connectivity index is 1.32. The Labute approximate surface area is 176 Å². The number of amides is 1. The minimum absolute atomic E-state index is 0.0620. The van der Waals surface area contributed by atoms with E-state index in [0.717, 1.165) is 42.2 Å². The summed E-state index contributed by atoms with van der Waals surface area (Å²) in [6.45, 7) is 3.11. The summed E-state index contributed by atoms with van der Waals surface area (Å²) in [6, 6.07) is 15.4. The van der Waals surface area contributed by atoms with Gasteiger partial charge in [-0.25, -0.2) is 0 Å². The second-order valence-electron chi connectivity index (χ2n) is 7.43. The fourth-order valence-corrected chi connectivity index (χ4v) is 3.61. The largest absolute Gasteiger partial charge is 0.497 e. The molecule has 1 N–H and O–H groups in total. The molecular formula is C23H26N4O3. The summed E-state index contributed by atoms with van der Waals surface area (Å²) in [4.78, 5) is 19.3. The molecule has 2 heterocycles. The van der Waals surface area contributed by atoms with E-state index in [9.17, 15) is 4.79 Å². The molecule has 0 radical (unpaired) electrons. The Hall–Kier alpha value is -3.19. The van der Waals surface area contributed by atoms with Crippen LogP contribution >= 0.6 is 0 Å². The molecule has 1 aliphatic heterocycles. The first-order chi connectivity index (χ1) is 14.7. The maximum atomic E-state index is 12.5. The van der Waals surface area contributed by atoms with Crippen LogP contribution in [-0.2, 0) is 17.8 Å². The molecular weight excluding hydrogens is 380 g/mol. The lowest BCUT2D eigenvalue weighted by atomic mass is 10.1. The second kappa shape index (κ2) is 9.54. The summed E-state index contributed by atoms with van der Waals surface area (Å²) in [5, 5.41) is 7.05. The van der Waals surface area contributed by atoms with E-state index in [2.05, 4.69) is 26.4 Å². The van der Waals surface area contributed by atoms with Gasteiger partial charge in [0, 0.05) is 30.6 Å². The third-order valence-electron chi connectivity index (χ3n) is 5.27. The van der Waals surface area contributed by atoms with Gasteiger partial charge in [-0.1, -0.05) is 23.4 Å². The Bertz CT molecular complexity index is 978. The first-order valence-electron chi connectivity index (χ1n) is 10.3. The van der Waals surface area contributed by atoms with Crippen molar-refractivity contribution in [3.8, 4) is 17.1 Å². The van der Waals surface area contributed by atoms with Gasteiger partial charge >= 0.3 is 0 Å². The Morgan fingerprint density at radius 2 is 1.90 bits per heavy atom. The van der Waals surface area contributed by atoms with Crippen LogP contribution < -0.4 is 10.1 Å². The maximum Gasteiger partial charge on any atom is 0.227 e. The molecule has 0 unspecified atom stereocenters. The molecule has 1 fully saturated rings. The number of aryl methyl sites for hydroxylation is 1. The molecule has 1 saturated heterocycles. The molecule has 7 nitrogen and oxygen atoms in total. The van der Waals surface area contributed by atoms with Crippen LogP contribution in [0.5, 0.6) is 5.75 Å². The number of nitrogens with zero attached hydrogens (tertiary/aromatic N) is 3. The predicted molar refractivity (Wildman–Crippen MR) is 114 cm³/mol. The molecule has 0 atom stereocenters. The third kappa shape index (κ3) is 5.04. The van der Waals surface area contributed by atoms with Gasteiger partial charge in [-0.3, -0.25) is 9.69 Å². The Kier molecular flexibility index (Phi) is 6.39. The topological polar surface area (TPSA) is 80.5 Å². The highest BCUT2D eigenvalue weighted by Crippen LogP contribution is 2.22. The van der Waals surface area contributed by atoms with Crippen molar-refractivity contribution in [3.05, 3.63) is 60.0 Å². The highest BCUT2D eigenvalue weighted by atomic mass is 16.5. The van der Waals surface area contributed by atoms with Crippen molar-refractivity contribution >= 4 is 11.6 Å². The first-order valence-corrected chi connectivity index (χ1v) is 10.3. The maximum absolute atomic E-state index is 12.5. The van der Waals surface area contributed by atoms with Crippen molar-refractivity contribution < 1.29 is 14.1 Å². The molecule has 0 saturated carbocycles. The van der Waals surface area contributed by atoms with Crippen molar-refractivity contribution in [1.29, 1.82) is 0 Å². The molecule has 4 rings (SSSR count). The highest BCUT2D eigenvalue weighted by molar-refractivity contribution is 5.91. The normalized spacial score (nSPS) is 14.0. The number of likely N-dealkylation sites (tertiary alicyclic amines) is 1. The number of ether oxygens (including phenoxy) is 1. The number of aromatic nitrogens is 2. The zero-order valence-electron chi connectivity index (χ0n) is 17.1. The van der Waals surface area contributed by atoms with E-state index in [1.165, 1.54) is 12.8 Å². The van der Waals surface area contributed by atoms with Crippen LogP contribution in [0.1, 0.15) is 30.7 Å². The van der Waals surface area contributed by atoms with Gasteiger partial charge in [0.15, 0.2) is 0 Å².